The number of pyridine rings is 1. The van der Waals surface area contributed by atoms with Gasteiger partial charge in [-0.2, -0.15) is 0 Å². The number of nitrogens with zero attached hydrogens (tertiary/aromatic N) is 6. The zero-order chi connectivity index (χ0) is 52.9. The summed E-state index contributed by atoms with van der Waals surface area (Å²) in [4.78, 5) is 98.5. The maximum absolute atomic E-state index is 14.2. The number of nitrogens with one attached hydrogen (secondary N) is 4. The Kier molecular flexibility index (Phi) is 16.2. The minimum atomic E-state index is -5.07. The molecule has 392 valence electrons. The highest BCUT2D eigenvalue weighted by Gasteiger charge is 2.50. The molecule has 0 bridgehead atoms. The first-order valence-electron chi connectivity index (χ1n) is 24.3. The quantitative estimate of drug-likeness (QED) is 0.0991. The molecule has 3 aliphatic heterocycles. The van der Waals surface area contributed by atoms with Crippen LogP contribution < -0.4 is 25.6 Å². The molecule has 0 spiro atoms. The molecule has 2 aromatic heterocycles. The first kappa shape index (κ1) is 53.4. The molecular weight excluding hydrogens is 954 g/mol. The summed E-state index contributed by atoms with van der Waals surface area (Å²) in [6.07, 6.45) is -0.948. The number of piperazine rings is 1. The number of hydrogen-bond acceptors (Lipinski definition) is 12. The number of aromatic amines is 1. The van der Waals surface area contributed by atoms with Crippen molar-refractivity contribution in [1.82, 2.24) is 40.3 Å². The second-order valence-corrected chi connectivity index (χ2v) is 19.4. The van der Waals surface area contributed by atoms with Crippen LogP contribution in [0, 0.1) is 11.8 Å². The molecule has 0 aliphatic carbocycles. The molecule has 2 aromatic carbocycles. The zero-order valence-electron chi connectivity index (χ0n) is 42.2. The minimum Gasteiger partial charge on any atom is -0.453 e. The van der Waals surface area contributed by atoms with E-state index in [4.69, 9.17) is 9.47 Å². The number of benzene rings is 2. The minimum absolute atomic E-state index is 0.0870. The molecule has 3 saturated heterocycles. The van der Waals surface area contributed by atoms with Gasteiger partial charge in [-0.15, -0.1) is 13.2 Å². The Morgan fingerprint density at radius 2 is 1.45 bits per heavy atom. The normalized spacial score (nSPS) is 19.9. The highest BCUT2D eigenvalue weighted by molar-refractivity contribution is 6.05. The number of alkyl carbamates (subject to hydrolysis) is 2. The molecule has 22 heteroatoms. The third kappa shape index (κ3) is 11.9. The Labute approximate surface area is 421 Å². The number of imidazole rings is 1. The molecule has 0 radical (unpaired) electrons. The number of methoxy groups -OCH3 is 2. The smallest absolute Gasteiger partial charge is 0.453 e. The van der Waals surface area contributed by atoms with Crippen LogP contribution in [0.1, 0.15) is 89.4 Å². The van der Waals surface area contributed by atoms with Crippen molar-refractivity contribution in [3.05, 3.63) is 78.4 Å². The summed E-state index contributed by atoms with van der Waals surface area (Å²) in [5, 5.41) is 7.95. The average molecular weight is 1020 g/mol. The Balaban J connectivity index is 0.986. The van der Waals surface area contributed by atoms with Gasteiger partial charge in [0, 0.05) is 49.9 Å². The molecule has 6 amide bonds. The molecular formula is C51H63F3N10O9. The predicted octanol–water partition coefficient (Wildman–Crippen LogP) is 7.13. The van der Waals surface area contributed by atoms with E-state index >= 15 is 0 Å². The van der Waals surface area contributed by atoms with E-state index in [1.54, 1.807) is 64.2 Å². The van der Waals surface area contributed by atoms with Gasteiger partial charge in [0.05, 0.1) is 44.0 Å². The van der Waals surface area contributed by atoms with Gasteiger partial charge in [-0.1, -0.05) is 52.0 Å². The molecule has 19 nitrogen and oxygen atoms in total. The number of likely N-dealkylation sites (tertiary alicyclic amines) is 2. The number of ether oxygens (including phenoxy) is 3. The standard InChI is InChI=1S/C51H63F3N10O9/c1-29(2)41(59-48(69)71-7)45(66)63-21-9-11-38(63)43-56-27-37(58-43)33-14-12-32(13-15-33)36-18-16-34(25-39(36)73-51(52,53)54)44(65)57-35-17-19-40(55-26-35)62-24-23-61(28-31(62)5)47(68)50(6)20-10-22-64(50)46(67)42(30(3)4)60-49(70)72-8/h12-19,25-27,29-31,38,41-42H,9-11,20-24,28H2,1-8H3,(H,56,58)(H,57,65)(H,59,69)(H,60,70). The van der Waals surface area contributed by atoms with Crippen LogP contribution in [-0.4, -0.2) is 142 Å². The lowest BCUT2D eigenvalue weighted by molar-refractivity contribution is -0.274. The Morgan fingerprint density at radius 3 is 2.05 bits per heavy atom. The van der Waals surface area contributed by atoms with Gasteiger partial charge in [-0.05, 0) is 92.8 Å². The SMILES string of the molecule is COC(=O)NC(C(=O)N1CCCC1c1ncc(-c2ccc(-c3ccc(C(=O)Nc4ccc(N5CCN(C(=O)C6(C)CCCN6C(=O)C(NC(=O)OC)C(C)C)CC5C)nc4)cc3OC(F)(F)F)cc2)[nH]1)C(C)C. The van der Waals surface area contributed by atoms with E-state index in [-0.39, 0.29) is 58.5 Å². The first-order chi connectivity index (χ1) is 34.6. The fraction of sp³-hybridized carbons (Fsp3) is 0.490. The molecule has 3 fully saturated rings. The van der Waals surface area contributed by atoms with Crippen molar-refractivity contribution in [2.45, 2.75) is 103 Å². The molecule has 5 atom stereocenters. The number of alkyl halides is 3. The number of H-pyrrole nitrogens is 1. The molecule has 5 unspecified atom stereocenters. The fourth-order valence-electron chi connectivity index (χ4n) is 9.85. The summed E-state index contributed by atoms with van der Waals surface area (Å²) in [6, 6.07) is 11.6. The summed E-state index contributed by atoms with van der Waals surface area (Å²) in [7, 11) is 2.46. The van der Waals surface area contributed by atoms with Crippen LogP contribution in [0.4, 0.5) is 34.3 Å². The number of anilines is 2. The number of hydrogen-bond donors (Lipinski definition) is 4. The molecule has 7 rings (SSSR count). The van der Waals surface area contributed by atoms with Crippen LogP contribution in [0.2, 0.25) is 0 Å². The van der Waals surface area contributed by atoms with Gasteiger partial charge in [-0.25, -0.2) is 19.6 Å². The van der Waals surface area contributed by atoms with E-state index in [0.29, 0.717) is 80.4 Å². The monoisotopic (exact) mass is 1020 g/mol. The van der Waals surface area contributed by atoms with Crippen molar-refractivity contribution in [3.8, 4) is 28.1 Å². The summed E-state index contributed by atoms with van der Waals surface area (Å²) in [6.45, 7) is 13.0. The molecule has 0 saturated carbocycles. The van der Waals surface area contributed by atoms with Crippen molar-refractivity contribution in [1.29, 1.82) is 0 Å². The number of aromatic nitrogens is 3. The maximum Gasteiger partial charge on any atom is 0.573 e. The molecule has 73 heavy (non-hydrogen) atoms. The maximum atomic E-state index is 14.2. The van der Waals surface area contributed by atoms with Crippen LogP contribution >= 0.6 is 0 Å². The van der Waals surface area contributed by atoms with Gasteiger partial charge in [-0.3, -0.25) is 19.2 Å². The van der Waals surface area contributed by atoms with Gasteiger partial charge in [0.15, 0.2) is 0 Å². The van der Waals surface area contributed by atoms with Gasteiger partial charge < -0.3 is 54.7 Å². The van der Waals surface area contributed by atoms with Gasteiger partial charge in [0.1, 0.15) is 35.0 Å². The second-order valence-electron chi connectivity index (χ2n) is 19.4. The summed E-state index contributed by atoms with van der Waals surface area (Å²) < 4.78 is 55.4. The summed E-state index contributed by atoms with van der Waals surface area (Å²) in [5.74, 6) is -1.36. The number of carbonyl (C=O) groups excluding carboxylic acids is 6. The van der Waals surface area contributed by atoms with Crippen molar-refractivity contribution in [2.75, 3.05) is 57.2 Å². The predicted molar refractivity (Wildman–Crippen MR) is 263 cm³/mol. The first-order valence-corrected chi connectivity index (χ1v) is 24.3. The third-order valence-electron chi connectivity index (χ3n) is 13.8. The largest absolute Gasteiger partial charge is 0.573 e. The van der Waals surface area contributed by atoms with Crippen LogP contribution in [0.3, 0.4) is 0 Å². The van der Waals surface area contributed by atoms with E-state index in [1.165, 1.54) is 32.5 Å². The molecule has 4 aromatic rings. The van der Waals surface area contributed by atoms with E-state index in [1.807, 2.05) is 39.5 Å². The fourth-order valence-corrected chi connectivity index (χ4v) is 9.85. The van der Waals surface area contributed by atoms with Crippen molar-refractivity contribution in [2.24, 2.45) is 11.8 Å². The van der Waals surface area contributed by atoms with Crippen molar-refractivity contribution < 1.29 is 56.1 Å². The van der Waals surface area contributed by atoms with Gasteiger partial charge in [0.25, 0.3) is 5.91 Å². The zero-order valence-corrected chi connectivity index (χ0v) is 42.2. The summed E-state index contributed by atoms with van der Waals surface area (Å²) >= 11 is 0. The highest BCUT2D eigenvalue weighted by atomic mass is 19.4. The Hall–Kier alpha value is -7.39. The van der Waals surface area contributed by atoms with Crippen molar-refractivity contribution in [3.63, 3.8) is 0 Å². The summed E-state index contributed by atoms with van der Waals surface area (Å²) in [5.41, 5.74) is 0.854. The van der Waals surface area contributed by atoms with Crippen molar-refractivity contribution >= 4 is 47.3 Å². The molecule has 5 heterocycles. The number of rotatable bonds is 14. The third-order valence-corrected chi connectivity index (χ3v) is 13.8. The second kappa shape index (κ2) is 22.2. The van der Waals surface area contributed by atoms with E-state index in [2.05, 4.69) is 35.6 Å². The molecule has 3 aliphatic rings. The number of carbonyl (C=O) groups is 6. The molecule has 4 N–H and O–H groups in total. The van der Waals surface area contributed by atoms with Crippen LogP contribution in [0.25, 0.3) is 22.4 Å². The lowest BCUT2D eigenvalue weighted by Crippen LogP contribution is -2.64. The van der Waals surface area contributed by atoms with Crippen LogP contribution in [-0.2, 0) is 23.9 Å². The number of amides is 6. The number of halogens is 3. The lowest BCUT2D eigenvalue weighted by Gasteiger charge is -2.45. The van der Waals surface area contributed by atoms with E-state index < -0.39 is 47.8 Å². The van der Waals surface area contributed by atoms with Crippen LogP contribution in [0.5, 0.6) is 5.75 Å². The van der Waals surface area contributed by atoms with Crippen LogP contribution in [0.15, 0.2) is 67.0 Å². The lowest BCUT2D eigenvalue weighted by atomic mass is 9.93. The topological polar surface area (TPSA) is 221 Å². The van der Waals surface area contributed by atoms with E-state index in [9.17, 15) is 41.9 Å². The Bertz CT molecular complexity index is 2660. The highest BCUT2D eigenvalue weighted by Crippen LogP contribution is 2.38. The van der Waals surface area contributed by atoms with E-state index in [0.717, 1.165) is 12.5 Å². The Morgan fingerprint density at radius 1 is 0.795 bits per heavy atom. The average Bonchev–Trinajstić information content (AvgIpc) is 4.15. The van der Waals surface area contributed by atoms with Gasteiger partial charge in [0.2, 0.25) is 17.7 Å². The van der Waals surface area contributed by atoms with Gasteiger partial charge >= 0.3 is 18.5 Å².